The molecule has 0 bridgehead atoms. The molecule has 0 spiro atoms. The zero-order valence-corrected chi connectivity index (χ0v) is 16.2. The molecule has 0 unspecified atom stereocenters. The van der Waals surface area contributed by atoms with Gasteiger partial charge in [0.1, 0.15) is 5.58 Å². The average molecular weight is 390 g/mol. The number of tetrazole rings is 1. The predicted molar refractivity (Wildman–Crippen MR) is 108 cm³/mol. The molecule has 0 aliphatic heterocycles. The summed E-state index contributed by atoms with van der Waals surface area (Å²) in [6.45, 7) is 2.03. The molecule has 0 saturated heterocycles. The van der Waals surface area contributed by atoms with Crippen molar-refractivity contribution in [3.8, 4) is 5.69 Å². The van der Waals surface area contributed by atoms with Crippen molar-refractivity contribution in [2.24, 2.45) is 0 Å². The van der Waals surface area contributed by atoms with Gasteiger partial charge in [0.15, 0.2) is 0 Å². The summed E-state index contributed by atoms with van der Waals surface area (Å²) >= 11 is 1.51. The van der Waals surface area contributed by atoms with E-state index in [1.165, 1.54) is 22.9 Å². The molecule has 0 fully saturated rings. The minimum atomic E-state index is -0.320. The van der Waals surface area contributed by atoms with Gasteiger partial charge in [-0.15, -0.1) is 5.10 Å². The lowest BCUT2D eigenvalue weighted by Crippen LogP contribution is -2.03. The van der Waals surface area contributed by atoms with Crippen molar-refractivity contribution in [2.75, 3.05) is 0 Å². The number of thioether (sulfide) groups is 1. The van der Waals surface area contributed by atoms with E-state index in [1.807, 2.05) is 37.3 Å². The first-order valence-corrected chi connectivity index (χ1v) is 10.2. The molecule has 1 aliphatic rings. The minimum Gasteiger partial charge on any atom is -0.423 e. The van der Waals surface area contributed by atoms with E-state index in [-0.39, 0.29) is 5.63 Å². The first-order chi connectivity index (χ1) is 13.7. The molecule has 140 valence electrons. The van der Waals surface area contributed by atoms with Crippen molar-refractivity contribution in [1.82, 2.24) is 20.2 Å². The fourth-order valence-corrected chi connectivity index (χ4v) is 4.65. The molecule has 7 heteroatoms. The lowest BCUT2D eigenvalue weighted by molar-refractivity contribution is 0.559. The Hall–Kier alpha value is -2.93. The molecule has 6 nitrogen and oxygen atoms in total. The Balaban J connectivity index is 1.50. The maximum Gasteiger partial charge on any atom is 0.336 e. The van der Waals surface area contributed by atoms with Gasteiger partial charge in [-0.2, -0.15) is 4.68 Å². The van der Waals surface area contributed by atoms with Crippen LogP contribution in [-0.4, -0.2) is 20.2 Å². The molecule has 0 amide bonds. The summed E-state index contributed by atoms with van der Waals surface area (Å²) in [5, 5.41) is 13.8. The van der Waals surface area contributed by atoms with E-state index in [1.54, 1.807) is 10.7 Å². The van der Waals surface area contributed by atoms with Gasteiger partial charge < -0.3 is 4.42 Å². The van der Waals surface area contributed by atoms with Crippen molar-refractivity contribution in [2.45, 2.75) is 37.1 Å². The number of fused-ring (bicyclic) bond motifs is 2. The lowest BCUT2D eigenvalue weighted by Gasteiger charge is -2.09. The van der Waals surface area contributed by atoms with Crippen LogP contribution in [0.15, 0.2) is 56.8 Å². The van der Waals surface area contributed by atoms with E-state index in [0.717, 1.165) is 41.5 Å². The quantitative estimate of drug-likeness (QED) is 0.389. The number of para-hydroxylation sites is 1. The van der Waals surface area contributed by atoms with Crippen LogP contribution in [0.2, 0.25) is 0 Å². The van der Waals surface area contributed by atoms with Gasteiger partial charge >= 0.3 is 5.63 Å². The van der Waals surface area contributed by atoms with E-state index >= 15 is 0 Å². The Kier molecular flexibility index (Phi) is 4.24. The highest BCUT2D eigenvalue weighted by Crippen LogP contribution is 2.31. The number of hydrogen-bond acceptors (Lipinski definition) is 6. The third-order valence-corrected chi connectivity index (χ3v) is 6.15. The highest BCUT2D eigenvalue weighted by molar-refractivity contribution is 7.98. The zero-order valence-electron chi connectivity index (χ0n) is 15.4. The highest BCUT2D eigenvalue weighted by Gasteiger charge is 2.17. The van der Waals surface area contributed by atoms with Crippen LogP contribution >= 0.6 is 11.8 Å². The van der Waals surface area contributed by atoms with Gasteiger partial charge in [0.2, 0.25) is 5.16 Å². The van der Waals surface area contributed by atoms with Crippen molar-refractivity contribution >= 4 is 22.7 Å². The highest BCUT2D eigenvalue weighted by atomic mass is 32.2. The van der Waals surface area contributed by atoms with Crippen LogP contribution in [0, 0.1) is 6.92 Å². The van der Waals surface area contributed by atoms with Crippen molar-refractivity contribution in [3.63, 3.8) is 0 Å². The first kappa shape index (κ1) is 17.2. The number of aromatic nitrogens is 4. The van der Waals surface area contributed by atoms with Crippen molar-refractivity contribution < 1.29 is 4.42 Å². The molecule has 0 radical (unpaired) electrons. The van der Waals surface area contributed by atoms with Crippen LogP contribution in [0.3, 0.4) is 0 Å². The second kappa shape index (κ2) is 6.91. The summed E-state index contributed by atoms with van der Waals surface area (Å²) < 4.78 is 7.20. The number of nitrogens with zero attached hydrogens (tertiary/aromatic N) is 4. The number of aryl methyl sites for hydroxylation is 3. The van der Waals surface area contributed by atoms with Gasteiger partial charge in [0, 0.05) is 17.2 Å². The molecule has 2 aromatic carbocycles. The monoisotopic (exact) mass is 390 g/mol. The molecule has 2 heterocycles. The van der Waals surface area contributed by atoms with Gasteiger partial charge in [0.25, 0.3) is 0 Å². The zero-order chi connectivity index (χ0) is 19.1. The third-order valence-electron chi connectivity index (χ3n) is 5.18. The summed E-state index contributed by atoms with van der Waals surface area (Å²) in [7, 11) is 0. The Labute approximate surface area is 165 Å². The van der Waals surface area contributed by atoms with Crippen LogP contribution in [0.25, 0.3) is 16.7 Å². The van der Waals surface area contributed by atoms with E-state index in [0.29, 0.717) is 16.5 Å². The second-order valence-corrected chi connectivity index (χ2v) is 7.95. The van der Waals surface area contributed by atoms with E-state index in [2.05, 4.69) is 21.6 Å². The largest absolute Gasteiger partial charge is 0.423 e. The van der Waals surface area contributed by atoms with Gasteiger partial charge in [-0.1, -0.05) is 30.0 Å². The summed E-state index contributed by atoms with van der Waals surface area (Å²) in [4.78, 5) is 12.1. The summed E-state index contributed by atoms with van der Waals surface area (Å²) in [5.74, 6) is 0.590. The maximum atomic E-state index is 12.1. The molecule has 28 heavy (non-hydrogen) atoms. The molecule has 1 aliphatic carbocycles. The smallest absolute Gasteiger partial charge is 0.336 e. The maximum absolute atomic E-state index is 12.1. The molecule has 5 rings (SSSR count). The summed E-state index contributed by atoms with van der Waals surface area (Å²) in [6.07, 6.45) is 3.30. The SMILES string of the molecule is Cc1ccccc1-n1nnnc1SCc1cc(=O)oc2cc3c(cc12)CCC3. The molecule has 0 N–H and O–H groups in total. The van der Waals surface area contributed by atoms with Crippen LogP contribution in [0.4, 0.5) is 0 Å². The van der Waals surface area contributed by atoms with Gasteiger partial charge in [0.05, 0.1) is 5.69 Å². The van der Waals surface area contributed by atoms with Crippen molar-refractivity contribution in [1.29, 1.82) is 0 Å². The molecule has 0 saturated carbocycles. The Bertz CT molecular complexity index is 1240. The van der Waals surface area contributed by atoms with Crippen molar-refractivity contribution in [3.05, 3.63) is 75.1 Å². The van der Waals surface area contributed by atoms with E-state index < -0.39 is 0 Å². The summed E-state index contributed by atoms with van der Waals surface area (Å²) in [6, 6.07) is 13.8. The normalized spacial score (nSPS) is 13.2. The number of benzene rings is 2. The Morgan fingerprint density at radius 2 is 1.96 bits per heavy atom. The van der Waals surface area contributed by atoms with E-state index in [9.17, 15) is 4.79 Å². The minimum absolute atomic E-state index is 0.320. The lowest BCUT2D eigenvalue weighted by atomic mass is 10.0. The topological polar surface area (TPSA) is 73.8 Å². The number of rotatable bonds is 4. The third kappa shape index (κ3) is 3.01. The van der Waals surface area contributed by atoms with Crippen LogP contribution in [0.1, 0.15) is 28.7 Å². The molecular weight excluding hydrogens is 372 g/mol. The average Bonchev–Trinajstić information content (AvgIpc) is 3.33. The molecule has 4 aromatic rings. The fraction of sp³-hybridized carbons (Fsp3) is 0.238. The first-order valence-electron chi connectivity index (χ1n) is 9.25. The summed E-state index contributed by atoms with van der Waals surface area (Å²) in [5.41, 5.74) is 6.00. The molecule has 0 atom stereocenters. The van der Waals surface area contributed by atoms with Gasteiger partial charge in [-0.3, -0.25) is 0 Å². The Morgan fingerprint density at radius 1 is 1.14 bits per heavy atom. The van der Waals surface area contributed by atoms with Crippen LogP contribution < -0.4 is 5.63 Å². The van der Waals surface area contributed by atoms with Crippen LogP contribution in [0.5, 0.6) is 0 Å². The fourth-order valence-electron chi connectivity index (χ4n) is 3.78. The van der Waals surface area contributed by atoms with Gasteiger partial charge in [-0.05, 0) is 77.1 Å². The van der Waals surface area contributed by atoms with Gasteiger partial charge in [-0.25, -0.2) is 4.79 Å². The number of hydrogen-bond donors (Lipinski definition) is 0. The second-order valence-electron chi connectivity index (χ2n) is 7.01. The standard InChI is InChI=1S/C21H18N4O2S/c1-13-5-2-3-8-18(13)25-21(22-23-24-25)28-12-16-11-20(26)27-19-10-15-7-4-6-14(15)9-17(16)19/h2-3,5,8-11H,4,6-7,12H2,1H3. The Morgan fingerprint density at radius 3 is 2.82 bits per heavy atom. The molecule has 2 aromatic heterocycles. The van der Waals surface area contributed by atoms with E-state index in [4.69, 9.17) is 4.42 Å². The predicted octanol–water partition coefficient (Wildman–Crippen LogP) is 3.86. The van der Waals surface area contributed by atoms with Crippen LogP contribution in [-0.2, 0) is 18.6 Å². The molecular formula is C21H18N4O2S.